The van der Waals surface area contributed by atoms with Gasteiger partial charge in [-0.05, 0) is 31.4 Å². The van der Waals surface area contributed by atoms with Crippen LogP contribution in [0.15, 0.2) is 29.2 Å². The summed E-state index contributed by atoms with van der Waals surface area (Å²) >= 11 is 0. The van der Waals surface area contributed by atoms with Crippen LogP contribution < -0.4 is 0 Å². The van der Waals surface area contributed by atoms with Crippen molar-refractivity contribution in [1.29, 1.82) is 0 Å². The van der Waals surface area contributed by atoms with E-state index in [0.717, 1.165) is 5.56 Å². The van der Waals surface area contributed by atoms with E-state index in [1.807, 2.05) is 24.3 Å². The maximum Gasteiger partial charge on any atom is 0.247 e. The van der Waals surface area contributed by atoms with E-state index in [1.165, 1.54) is 14.6 Å². The van der Waals surface area contributed by atoms with E-state index in [4.69, 9.17) is 0 Å². The van der Waals surface area contributed by atoms with Gasteiger partial charge in [-0.3, -0.25) is 4.79 Å². The number of carbonyl (C=O) groups excluding carboxylic acids is 1. The summed E-state index contributed by atoms with van der Waals surface area (Å²) in [6.45, 7) is 5.79. The summed E-state index contributed by atoms with van der Waals surface area (Å²) in [5.41, 5.74) is 2.97. The first-order valence-corrected chi connectivity index (χ1v) is 9.46. The molecule has 0 bridgehead atoms. The van der Waals surface area contributed by atoms with Crippen LogP contribution in [0.25, 0.3) is 0 Å². The smallest absolute Gasteiger partial charge is 0.247 e. The second kappa shape index (κ2) is 6.14. The van der Waals surface area contributed by atoms with Gasteiger partial charge in [-0.15, -0.1) is 0 Å². The van der Waals surface area contributed by atoms with Gasteiger partial charge in [-0.25, -0.2) is 13.1 Å². The fourth-order valence-electron chi connectivity index (χ4n) is 3.20. The summed E-state index contributed by atoms with van der Waals surface area (Å²) < 4.78 is 28.9. The van der Waals surface area contributed by atoms with E-state index in [0.29, 0.717) is 30.9 Å². The lowest BCUT2D eigenvalue weighted by Gasteiger charge is -2.28. The fraction of sp³-hybridized carbons (Fsp3) is 0.412. The lowest BCUT2D eigenvalue weighted by molar-refractivity contribution is 0.0890. The molecule has 128 valence electrons. The highest BCUT2D eigenvalue weighted by atomic mass is 32.2. The number of hydrogen-bond acceptors (Lipinski definition) is 4. The molecular formula is C17H21N3O3S. The van der Waals surface area contributed by atoms with Gasteiger partial charge in [0.15, 0.2) is 0 Å². The number of aryl methyl sites for hydroxylation is 1. The Bertz CT molecular complexity index is 900. The van der Waals surface area contributed by atoms with Gasteiger partial charge in [-0.2, -0.15) is 9.40 Å². The third-order valence-corrected chi connectivity index (χ3v) is 6.56. The molecule has 0 amide bonds. The molecule has 6 nitrogen and oxygen atoms in total. The van der Waals surface area contributed by atoms with Crippen molar-refractivity contribution in [2.24, 2.45) is 0 Å². The van der Waals surface area contributed by atoms with Gasteiger partial charge in [0.05, 0.1) is 11.4 Å². The molecule has 2 aromatic rings. The first-order chi connectivity index (χ1) is 11.4. The van der Waals surface area contributed by atoms with Gasteiger partial charge < -0.3 is 0 Å². The van der Waals surface area contributed by atoms with Crippen molar-refractivity contribution in [1.82, 2.24) is 14.1 Å². The number of fused-ring (bicyclic) bond motifs is 1. The largest absolute Gasteiger partial charge is 0.273 e. The molecule has 1 aromatic heterocycles. The molecule has 1 aromatic carbocycles. The fourth-order valence-corrected chi connectivity index (χ4v) is 4.97. The van der Waals surface area contributed by atoms with Crippen molar-refractivity contribution in [2.75, 3.05) is 6.54 Å². The molecule has 0 atom stereocenters. The van der Waals surface area contributed by atoms with Crippen LogP contribution in [0.5, 0.6) is 0 Å². The average Bonchev–Trinajstić information content (AvgIpc) is 2.88. The zero-order valence-electron chi connectivity index (χ0n) is 14.1. The molecule has 0 saturated heterocycles. The Morgan fingerprint density at radius 1 is 1.21 bits per heavy atom. The minimum absolute atomic E-state index is 0.156. The standard InChI is InChI=1S/C17H21N3O3S/c1-4-16(21)20-13(3)17(12(2)18-20)24(22,23)19-10-9-14-7-5-6-8-15(14)11-19/h5-8H,4,9-11H2,1-3H3. The van der Waals surface area contributed by atoms with Gasteiger partial charge in [-0.1, -0.05) is 31.2 Å². The van der Waals surface area contributed by atoms with Crippen LogP contribution in [-0.2, 0) is 23.0 Å². The molecule has 0 spiro atoms. The highest BCUT2D eigenvalue weighted by Crippen LogP contribution is 2.28. The Kier molecular flexibility index (Phi) is 4.31. The maximum absolute atomic E-state index is 13.1. The number of sulfonamides is 1. The van der Waals surface area contributed by atoms with Gasteiger partial charge in [0, 0.05) is 19.5 Å². The highest BCUT2D eigenvalue weighted by molar-refractivity contribution is 7.89. The molecule has 24 heavy (non-hydrogen) atoms. The van der Waals surface area contributed by atoms with Crippen molar-refractivity contribution in [3.05, 3.63) is 46.8 Å². The van der Waals surface area contributed by atoms with Crippen molar-refractivity contribution < 1.29 is 13.2 Å². The zero-order chi connectivity index (χ0) is 17.5. The van der Waals surface area contributed by atoms with E-state index in [2.05, 4.69) is 5.10 Å². The Labute approximate surface area is 142 Å². The molecule has 0 saturated carbocycles. The van der Waals surface area contributed by atoms with Gasteiger partial charge in [0.25, 0.3) is 0 Å². The van der Waals surface area contributed by atoms with Crippen molar-refractivity contribution in [3.8, 4) is 0 Å². The van der Waals surface area contributed by atoms with Crippen LogP contribution in [0.4, 0.5) is 0 Å². The second-order valence-corrected chi connectivity index (χ2v) is 7.89. The van der Waals surface area contributed by atoms with Crippen LogP contribution in [-0.4, -0.2) is 35.0 Å². The number of benzene rings is 1. The SMILES string of the molecule is CCC(=O)n1nc(C)c(S(=O)(=O)N2CCc3ccccc3C2)c1C. The Balaban J connectivity index is 2.01. The second-order valence-electron chi connectivity index (χ2n) is 6.02. The first-order valence-electron chi connectivity index (χ1n) is 8.02. The molecule has 0 N–H and O–H groups in total. The number of hydrogen-bond donors (Lipinski definition) is 0. The third-order valence-electron chi connectivity index (χ3n) is 4.46. The molecule has 2 heterocycles. The van der Waals surface area contributed by atoms with E-state index in [-0.39, 0.29) is 17.2 Å². The normalized spacial score (nSPS) is 15.3. The molecule has 0 aliphatic carbocycles. The first kappa shape index (κ1) is 16.9. The van der Waals surface area contributed by atoms with Crippen molar-refractivity contribution in [3.63, 3.8) is 0 Å². The lowest BCUT2D eigenvalue weighted by Crippen LogP contribution is -2.36. The van der Waals surface area contributed by atoms with E-state index in [1.54, 1.807) is 20.8 Å². The average molecular weight is 347 g/mol. The van der Waals surface area contributed by atoms with Crippen LogP contribution in [0.2, 0.25) is 0 Å². The van der Waals surface area contributed by atoms with Crippen molar-refractivity contribution in [2.45, 2.75) is 45.1 Å². The zero-order valence-corrected chi connectivity index (χ0v) is 14.9. The summed E-state index contributed by atoms with van der Waals surface area (Å²) in [4.78, 5) is 12.1. The van der Waals surface area contributed by atoms with Crippen molar-refractivity contribution >= 4 is 15.9 Å². The summed E-state index contributed by atoms with van der Waals surface area (Å²) in [6, 6.07) is 7.88. The van der Waals surface area contributed by atoms with E-state index >= 15 is 0 Å². The maximum atomic E-state index is 13.1. The summed E-state index contributed by atoms with van der Waals surface area (Å²) in [5.74, 6) is -0.207. The lowest BCUT2D eigenvalue weighted by atomic mass is 10.0. The summed E-state index contributed by atoms with van der Waals surface area (Å²) in [5, 5.41) is 4.15. The van der Waals surface area contributed by atoms with Gasteiger partial charge in [0.2, 0.25) is 15.9 Å². The minimum atomic E-state index is -3.69. The van der Waals surface area contributed by atoms with E-state index < -0.39 is 10.0 Å². The van der Waals surface area contributed by atoms with Crippen LogP contribution in [0.3, 0.4) is 0 Å². The number of carbonyl (C=O) groups is 1. The van der Waals surface area contributed by atoms with E-state index in [9.17, 15) is 13.2 Å². The summed E-state index contributed by atoms with van der Waals surface area (Å²) in [7, 11) is -3.69. The Morgan fingerprint density at radius 3 is 2.54 bits per heavy atom. The molecule has 1 aliphatic heterocycles. The number of rotatable bonds is 3. The molecule has 0 unspecified atom stereocenters. The van der Waals surface area contributed by atoms with Crippen LogP contribution >= 0.6 is 0 Å². The quantitative estimate of drug-likeness (QED) is 0.854. The van der Waals surface area contributed by atoms with Crippen LogP contribution in [0.1, 0.15) is 40.7 Å². The number of nitrogens with zero attached hydrogens (tertiary/aromatic N) is 3. The minimum Gasteiger partial charge on any atom is -0.273 e. The number of aromatic nitrogens is 2. The third kappa shape index (κ3) is 2.67. The molecule has 0 fully saturated rings. The Hall–Kier alpha value is -1.99. The highest BCUT2D eigenvalue weighted by Gasteiger charge is 2.33. The molecule has 1 aliphatic rings. The predicted octanol–water partition coefficient (Wildman–Crippen LogP) is 2.30. The molecule has 3 rings (SSSR count). The monoisotopic (exact) mass is 347 g/mol. The predicted molar refractivity (Wildman–Crippen MR) is 90.4 cm³/mol. The topological polar surface area (TPSA) is 72.3 Å². The Morgan fingerprint density at radius 2 is 1.88 bits per heavy atom. The van der Waals surface area contributed by atoms with Crippen LogP contribution in [0, 0.1) is 13.8 Å². The molecular weight excluding hydrogens is 326 g/mol. The molecule has 7 heteroatoms. The summed E-state index contributed by atoms with van der Waals surface area (Å²) in [6.07, 6.45) is 0.966. The molecule has 0 radical (unpaired) electrons. The van der Waals surface area contributed by atoms with Gasteiger partial charge in [0.1, 0.15) is 4.90 Å². The van der Waals surface area contributed by atoms with Gasteiger partial charge >= 0.3 is 0 Å².